The van der Waals surface area contributed by atoms with Crippen LogP contribution >= 0.6 is 0 Å². The molecule has 74 valence electrons. The van der Waals surface area contributed by atoms with Crippen LogP contribution in [0, 0.1) is 0 Å². The number of nitrogens with one attached hydrogen (secondary N) is 2. The minimum Gasteiger partial charge on any atom is -0.316 e. The molecule has 0 rings (SSSR count). The van der Waals surface area contributed by atoms with Crippen LogP contribution in [0.4, 0.5) is 0 Å². The molecule has 0 aromatic heterocycles. The third-order valence-corrected chi connectivity index (χ3v) is 2.04. The lowest BCUT2D eigenvalue weighted by molar-refractivity contribution is 0.488. The van der Waals surface area contributed by atoms with E-state index in [9.17, 15) is 0 Å². The molecular weight excluding hydrogens is 148 g/mol. The summed E-state index contributed by atoms with van der Waals surface area (Å²) in [5.74, 6) is 0. The Kier molecular flexibility index (Phi) is 8.95. The first kappa shape index (κ1) is 11.9. The van der Waals surface area contributed by atoms with Gasteiger partial charge >= 0.3 is 0 Å². The van der Waals surface area contributed by atoms with Crippen LogP contribution < -0.4 is 10.6 Å². The van der Waals surface area contributed by atoms with Crippen molar-refractivity contribution in [1.82, 2.24) is 10.6 Å². The molecule has 0 aliphatic rings. The molecule has 0 aliphatic carbocycles. The SMILES string of the molecule is CCCCC(C)NCCNCC. The van der Waals surface area contributed by atoms with E-state index in [0.29, 0.717) is 6.04 Å². The van der Waals surface area contributed by atoms with E-state index in [4.69, 9.17) is 0 Å². The quantitative estimate of drug-likeness (QED) is 0.545. The Balaban J connectivity index is 3.02. The van der Waals surface area contributed by atoms with Crippen LogP contribution in [0.3, 0.4) is 0 Å². The molecule has 0 fully saturated rings. The van der Waals surface area contributed by atoms with E-state index in [0.717, 1.165) is 19.6 Å². The van der Waals surface area contributed by atoms with Gasteiger partial charge in [0.25, 0.3) is 0 Å². The fourth-order valence-corrected chi connectivity index (χ4v) is 1.20. The zero-order chi connectivity index (χ0) is 9.23. The van der Waals surface area contributed by atoms with E-state index in [1.165, 1.54) is 19.3 Å². The minimum atomic E-state index is 0.684. The lowest BCUT2D eigenvalue weighted by Gasteiger charge is -2.12. The van der Waals surface area contributed by atoms with E-state index in [-0.39, 0.29) is 0 Å². The van der Waals surface area contributed by atoms with Crippen molar-refractivity contribution in [2.75, 3.05) is 19.6 Å². The minimum absolute atomic E-state index is 0.684. The van der Waals surface area contributed by atoms with Crippen molar-refractivity contribution >= 4 is 0 Å². The smallest absolute Gasteiger partial charge is 0.00792 e. The second kappa shape index (κ2) is 9.01. The van der Waals surface area contributed by atoms with Crippen LogP contribution in [-0.4, -0.2) is 25.7 Å². The third-order valence-electron chi connectivity index (χ3n) is 2.04. The third kappa shape index (κ3) is 8.02. The number of rotatable bonds is 8. The number of unbranched alkanes of at least 4 members (excludes halogenated alkanes) is 1. The highest BCUT2D eigenvalue weighted by molar-refractivity contribution is 4.60. The van der Waals surface area contributed by atoms with Gasteiger partial charge in [0.2, 0.25) is 0 Å². The average Bonchev–Trinajstić information content (AvgIpc) is 2.09. The van der Waals surface area contributed by atoms with E-state index >= 15 is 0 Å². The second-order valence-electron chi connectivity index (χ2n) is 3.35. The first-order chi connectivity index (χ1) is 5.81. The molecule has 0 saturated heterocycles. The van der Waals surface area contributed by atoms with Crippen LogP contribution in [0.1, 0.15) is 40.0 Å². The Morgan fingerprint density at radius 3 is 2.50 bits per heavy atom. The summed E-state index contributed by atoms with van der Waals surface area (Å²) in [7, 11) is 0. The summed E-state index contributed by atoms with van der Waals surface area (Å²) < 4.78 is 0. The molecule has 0 bridgehead atoms. The summed E-state index contributed by atoms with van der Waals surface area (Å²) >= 11 is 0. The zero-order valence-electron chi connectivity index (χ0n) is 8.82. The van der Waals surface area contributed by atoms with Gasteiger partial charge in [-0.2, -0.15) is 0 Å². The van der Waals surface area contributed by atoms with Gasteiger partial charge in [-0.3, -0.25) is 0 Å². The van der Waals surface area contributed by atoms with Crippen LogP contribution in [0.25, 0.3) is 0 Å². The van der Waals surface area contributed by atoms with Gasteiger partial charge in [0.1, 0.15) is 0 Å². The largest absolute Gasteiger partial charge is 0.316 e. The Hall–Kier alpha value is -0.0800. The van der Waals surface area contributed by atoms with Gasteiger partial charge in [0.05, 0.1) is 0 Å². The molecule has 0 aromatic rings. The van der Waals surface area contributed by atoms with Gasteiger partial charge in [-0.15, -0.1) is 0 Å². The zero-order valence-corrected chi connectivity index (χ0v) is 8.82. The van der Waals surface area contributed by atoms with Crippen molar-refractivity contribution in [1.29, 1.82) is 0 Å². The Morgan fingerprint density at radius 2 is 1.92 bits per heavy atom. The molecule has 0 amide bonds. The molecule has 0 heterocycles. The highest BCUT2D eigenvalue weighted by atomic mass is 15.0. The molecule has 2 nitrogen and oxygen atoms in total. The van der Waals surface area contributed by atoms with Gasteiger partial charge in [0, 0.05) is 19.1 Å². The van der Waals surface area contributed by atoms with Crippen molar-refractivity contribution in [3.05, 3.63) is 0 Å². The Morgan fingerprint density at radius 1 is 1.17 bits per heavy atom. The van der Waals surface area contributed by atoms with Crippen molar-refractivity contribution in [3.8, 4) is 0 Å². The van der Waals surface area contributed by atoms with Gasteiger partial charge in [-0.05, 0) is 19.9 Å². The molecule has 1 unspecified atom stereocenters. The van der Waals surface area contributed by atoms with Crippen molar-refractivity contribution < 1.29 is 0 Å². The molecule has 0 radical (unpaired) electrons. The van der Waals surface area contributed by atoms with Crippen LogP contribution in [0.5, 0.6) is 0 Å². The molecule has 0 aliphatic heterocycles. The average molecular weight is 172 g/mol. The molecule has 0 saturated carbocycles. The fourth-order valence-electron chi connectivity index (χ4n) is 1.20. The molecule has 2 N–H and O–H groups in total. The molecular formula is C10H24N2. The maximum Gasteiger partial charge on any atom is 0.00792 e. The standard InChI is InChI=1S/C10H24N2/c1-4-6-7-10(3)12-9-8-11-5-2/h10-12H,4-9H2,1-3H3. The van der Waals surface area contributed by atoms with Gasteiger partial charge in [-0.1, -0.05) is 26.7 Å². The Bertz CT molecular complexity index is 83.9. The van der Waals surface area contributed by atoms with Crippen LogP contribution in [-0.2, 0) is 0 Å². The van der Waals surface area contributed by atoms with Crippen molar-refractivity contribution in [2.45, 2.75) is 46.1 Å². The summed E-state index contributed by atoms with van der Waals surface area (Å²) in [4.78, 5) is 0. The lowest BCUT2D eigenvalue weighted by Crippen LogP contribution is -2.33. The summed E-state index contributed by atoms with van der Waals surface area (Å²) in [5.41, 5.74) is 0. The summed E-state index contributed by atoms with van der Waals surface area (Å²) in [6.45, 7) is 9.91. The monoisotopic (exact) mass is 172 g/mol. The van der Waals surface area contributed by atoms with Gasteiger partial charge in [-0.25, -0.2) is 0 Å². The first-order valence-corrected chi connectivity index (χ1v) is 5.25. The number of hydrogen-bond donors (Lipinski definition) is 2. The number of likely N-dealkylation sites (N-methyl/N-ethyl adjacent to an activating group) is 1. The van der Waals surface area contributed by atoms with E-state index in [1.54, 1.807) is 0 Å². The predicted molar refractivity (Wildman–Crippen MR) is 55.5 cm³/mol. The topological polar surface area (TPSA) is 24.1 Å². The molecule has 0 aromatic carbocycles. The van der Waals surface area contributed by atoms with Crippen molar-refractivity contribution in [3.63, 3.8) is 0 Å². The maximum absolute atomic E-state index is 3.49. The molecule has 1 atom stereocenters. The van der Waals surface area contributed by atoms with E-state index < -0.39 is 0 Å². The highest BCUT2D eigenvalue weighted by Gasteiger charge is 1.97. The van der Waals surface area contributed by atoms with Crippen LogP contribution in [0.2, 0.25) is 0 Å². The highest BCUT2D eigenvalue weighted by Crippen LogP contribution is 1.98. The van der Waals surface area contributed by atoms with Gasteiger partial charge < -0.3 is 10.6 Å². The van der Waals surface area contributed by atoms with E-state index in [1.807, 2.05) is 0 Å². The second-order valence-corrected chi connectivity index (χ2v) is 3.35. The predicted octanol–water partition coefficient (Wildman–Crippen LogP) is 1.76. The maximum atomic E-state index is 3.49. The Labute approximate surface area is 77.1 Å². The fraction of sp³-hybridized carbons (Fsp3) is 1.00. The molecule has 0 spiro atoms. The first-order valence-electron chi connectivity index (χ1n) is 5.25. The summed E-state index contributed by atoms with van der Waals surface area (Å²) in [6.07, 6.45) is 3.96. The van der Waals surface area contributed by atoms with Crippen LogP contribution in [0.15, 0.2) is 0 Å². The van der Waals surface area contributed by atoms with E-state index in [2.05, 4.69) is 31.4 Å². The summed E-state index contributed by atoms with van der Waals surface area (Å²) in [6, 6.07) is 0.684. The summed E-state index contributed by atoms with van der Waals surface area (Å²) in [5, 5.41) is 6.79. The van der Waals surface area contributed by atoms with Gasteiger partial charge in [0.15, 0.2) is 0 Å². The lowest BCUT2D eigenvalue weighted by atomic mass is 10.1. The number of hydrogen-bond acceptors (Lipinski definition) is 2. The molecule has 12 heavy (non-hydrogen) atoms. The van der Waals surface area contributed by atoms with Crippen molar-refractivity contribution in [2.24, 2.45) is 0 Å². The normalized spacial score (nSPS) is 13.2. The molecule has 2 heteroatoms.